The maximum absolute atomic E-state index is 12.8. The summed E-state index contributed by atoms with van der Waals surface area (Å²) in [5.41, 5.74) is 6.14. The first-order valence-corrected chi connectivity index (χ1v) is 9.92. The molecule has 2 aromatic carbocycles. The van der Waals surface area contributed by atoms with Gasteiger partial charge in [0.25, 0.3) is 0 Å². The number of aryl methyl sites for hydroxylation is 2. The number of rotatable bonds is 8. The van der Waals surface area contributed by atoms with E-state index in [0.29, 0.717) is 17.7 Å². The topological polar surface area (TPSA) is 50.1 Å². The first-order chi connectivity index (χ1) is 13.8. The molecule has 0 amide bonds. The van der Waals surface area contributed by atoms with Gasteiger partial charge >= 0.3 is 0 Å². The zero-order valence-corrected chi connectivity index (χ0v) is 18.0. The number of Topliss-reactive ketones (excluding diaryl/α,β-unsaturated/α-hetero) is 1. The van der Waals surface area contributed by atoms with Crippen molar-refractivity contribution in [3.63, 3.8) is 0 Å². The zero-order chi connectivity index (χ0) is 21.6. The maximum atomic E-state index is 12.8. The zero-order valence-electron chi connectivity index (χ0n) is 18.0. The summed E-state index contributed by atoms with van der Waals surface area (Å²) in [6.45, 7) is 14.1. The smallest absolute Gasteiger partial charge is 0.157 e. The van der Waals surface area contributed by atoms with Crippen molar-refractivity contribution in [1.82, 2.24) is 0 Å². The average molecular weight is 388 g/mol. The van der Waals surface area contributed by atoms with Gasteiger partial charge in [0.1, 0.15) is 5.75 Å². The summed E-state index contributed by atoms with van der Waals surface area (Å²) in [6.07, 6.45) is 2.63. The molecule has 0 aliphatic carbocycles. The number of benzene rings is 2. The summed E-state index contributed by atoms with van der Waals surface area (Å²) in [5.74, 6) is 0.478. The first-order valence-electron chi connectivity index (χ1n) is 9.92. The second-order valence-electron chi connectivity index (χ2n) is 7.36. The fourth-order valence-electron chi connectivity index (χ4n) is 3.60. The van der Waals surface area contributed by atoms with Crippen LogP contribution in [0.3, 0.4) is 0 Å². The molecule has 0 saturated heterocycles. The summed E-state index contributed by atoms with van der Waals surface area (Å²) in [4.78, 5) is 12.8. The van der Waals surface area contributed by atoms with Gasteiger partial charge in [-0.25, -0.2) is 0 Å². The van der Waals surface area contributed by atoms with Crippen LogP contribution in [0.2, 0.25) is 0 Å². The molecule has 0 radical (unpaired) electrons. The van der Waals surface area contributed by atoms with Crippen molar-refractivity contribution in [3.8, 4) is 11.8 Å². The molecule has 3 heteroatoms. The van der Waals surface area contributed by atoms with Crippen LogP contribution in [-0.2, 0) is 4.79 Å². The normalized spacial score (nSPS) is 12.6. The molecule has 0 aliphatic heterocycles. The Morgan fingerprint density at radius 1 is 1.17 bits per heavy atom. The van der Waals surface area contributed by atoms with Crippen molar-refractivity contribution in [2.75, 3.05) is 6.61 Å². The molecule has 0 aliphatic rings. The van der Waals surface area contributed by atoms with Crippen LogP contribution in [-0.4, -0.2) is 12.4 Å². The minimum atomic E-state index is -0.301. The van der Waals surface area contributed by atoms with E-state index in [1.54, 1.807) is 19.1 Å². The van der Waals surface area contributed by atoms with Gasteiger partial charge in [-0.15, -0.1) is 0 Å². The molecule has 29 heavy (non-hydrogen) atoms. The van der Waals surface area contributed by atoms with E-state index in [4.69, 9.17) is 4.74 Å². The average Bonchev–Trinajstić information content (AvgIpc) is 2.70. The van der Waals surface area contributed by atoms with E-state index in [1.807, 2.05) is 45.0 Å². The standard InChI is InChI=1S/C26H29NO2/c1-7-13-29-24-12-9-17(3)14-23(24)26(25(20(6)28)18(4)8-2)22-11-10-21(16-27)15-19(22)5/h8-12,14-15,26H,2,7,13H2,1,3-6H3/b25-18-/t26-/m1/s1. The predicted molar refractivity (Wildman–Crippen MR) is 118 cm³/mol. The van der Waals surface area contributed by atoms with Crippen LogP contribution in [0.4, 0.5) is 0 Å². The lowest BCUT2D eigenvalue weighted by molar-refractivity contribution is -0.113. The Morgan fingerprint density at radius 3 is 2.45 bits per heavy atom. The van der Waals surface area contributed by atoms with Crippen molar-refractivity contribution in [3.05, 3.63) is 88.0 Å². The molecule has 2 aromatic rings. The first kappa shape index (κ1) is 22.2. The fourth-order valence-corrected chi connectivity index (χ4v) is 3.60. The Hall–Kier alpha value is -3.12. The Morgan fingerprint density at radius 2 is 1.90 bits per heavy atom. The molecule has 0 N–H and O–H groups in total. The number of nitriles is 1. The van der Waals surface area contributed by atoms with Crippen molar-refractivity contribution < 1.29 is 9.53 Å². The molecular weight excluding hydrogens is 358 g/mol. The quantitative estimate of drug-likeness (QED) is 0.401. The van der Waals surface area contributed by atoms with Crippen LogP contribution in [0, 0.1) is 25.2 Å². The lowest BCUT2D eigenvalue weighted by Crippen LogP contribution is -2.16. The Bertz CT molecular complexity index is 992. The Kier molecular flexibility index (Phi) is 7.56. The van der Waals surface area contributed by atoms with Crippen LogP contribution >= 0.6 is 0 Å². The molecule has 0 saturated carbocycles. The van der Waals surface area contributed by atoms with Crippen molar-refractivity contribution >= 4 is 5.78 Å². The van der Waals surface area contributed by atoms with E-state index >= 15 is 0 Å². The number of carbonyl (C=O) groups excluding carboxylic acids is 1. The van der Waals surface area contributed by atoms with E-state index in [1.165, 1.54) is 0 Å². The van der Waals surface area contributed by atoms with Gasteiger partial charge in [-0.1, -0.05) is 43.3 Å². The van der Waals surface area contributed by atoms with E-state index in [2.05, 4.69) is 25.6 Å². The lowest BCUT2D eigenvalue weighted by atomic mass is 9.78. The molecule has 0 heterocycles. The van der Waals surface area contributed by atoms with Gasteiger partial charge in [0.05, 0.1) is 18.2 Å². The van der Waals surface area contributed by atoms with Crippen molar-refractivity contribution in [1.29, 1.82) is 5.26 Å². The van der Waals surface area contributed by atoms with Gasteiger partial charge in [-0.3, -0.25) is 4.79 Å². The molecule has 1 atom stereocenters. The molecule has 0 fully saturated rings. The largest absolute Gasteiger partial charge is 0.493 e. The van der Waals surface area contributed by atoms with Crippen molar-refractivity contribution in [2.45, 2.75) is 47.0 Å². The highest BCUT2D eigenvalue weighted by Crippen LogP contribution is 2.41. The second kappa shape index (κ2) is 9.89. The second-order valence-corrected chi connectivity index (χ2v) is 7.36. The molecule has 3 nitrogen and oxygen atoms in total. The molecule has 0 spiro atoms. The van der Waals surface area contributed by atoms with Gasteiger partial charge in [-0.05, 0) is 69.0 Å². The van der Waals surface area contributed by atoms with Gasteiger partial charge in [0, 0.05) is 17.1 Å². The number of hydrogen-bond donors (Lipinski definition) is 0. The molecule has 2 rings (SSSR count). The number of ether oxygens (including phenoxy) is 1. The highest BCUT2D eigenvalue weighted by molar-refractivity contribution is 5.97. The summed E-state index contributed by atoms with van der Waals surface area (Å²) in [6, 6.07) is 13.9. The van der Waals surface area contributed by atoms with E-state index < -0.39 is 0 Å². The monoisotopic (exact) mass is 387 g/mol. The van der Waals surface area contributed by atoms with Crippen LogP contribution in [0.5, 0.6) is 5.75 Å². The Balaban J connectivity index is 2.86. The summed E-state index contributed by atoms with van der Waals surface area (Å²) in [5, 5.41) is 9.26. The number of carbonyl (C=O) groups is 1. The van der Waals surface area contributed by atoms with Crippen LogP contribution in [0.1, 0.15) is 60.9 Å². The minimum absolute atomic E-state index is 0.000827. The lowest BCUT2D eigenvalue weighted by Gasteiger charge is -2.26. The fraction of sp³-hybridized carbons (Fsp3) is 0.308. The summed E-state index contributed by atoms with van der Waals surface area (Å²) in [7, 11) is 0. The minimum Gasteiger partial charge on any atom is -0.493 e. The van der Waals surface area contributed by atoms with E-state index in [0.717, 1.165) is 40.0 Å². The van der Waals surface area contributed by atoms with Gasteiger partial charge < -0.3 is 4.74 Å². The molecule has 0 bridgehead atoms. The highest BCUT2D eigenvalue weighted by Gasteiger charge is 2.28. The SMILES string of the molecule is C=C/C(C)=C(/C(C)=O)[C@H](c1ccc(C#N)cc1C)c1cc(C)ccc1OCCC. The number of nitrogens with zero attached hydrogens (tertiary/aromatic N) is 1. The van der Waals surface area contributed by atoms with Gasteiger partial charge in [-0.2, -0.15) is 5.26 Å². The third-order valence-corrected chi connectivity index (χ3v) is 5.05. The number of hydrogen-bond acceptors (Lipinski definition) is 3. The number of ketones is 1. The van der Waals surface area contributed by atoms with E-state index in [-0.39, 0.29) is 11.7 Å². The van der Waals surface area contributed by atoms with Crippen LogP contribution in [0.15, 0.2) is 60.2 Å². The third kappa shape index (κ3) is 5.03. The van der Waals surface area contributed by atoms with Gasteiger partial charge in [0.15, 0.2) is 5.78 Å². The third-order valence-electron chi connectivity index (χ3n) is 5.05. The molecular formula is C26H29NO2. The number of allylic oxidation sites excluding steroid dienone is 3. The predicted octanol–water partition coefficient (Wildman–Crippen LogP) is 6.19. The highest BCUT2D eigenvalue weighted by atomic mass is 16.5. The summed E-state index contributed by atoms with van der Waals surface area (Å²) < 4.78 is 6.06. The maximum Gasteiger partial charge on any atom is 0.157 e. The molecule has 0 unspecified atom stereocenters. The van der Waals surface area contributed by atoms with Crippen LogP contribution < -0.4 is 4.74 Å². The van der Waals surface area contributed by atoms with Gasteiger partial charge in [0.2, 0.25) is 0 Å². The summed E-state index contributed by atoms with van der Waals surface area (Å²) >= 11 is 0. The van der Waals surface area contributed by atoms with Crippen molar-refractivity contribution in [2.24, 2.45) is 0 Å². The Labute approximate surface area is 174 Å². The molecule has 0 aromatic heterocycles. The van der Waals surface area contributed by atoms with Crippen LogP contribution in [0.25, 0.3) is 0 Å². The van der Waals surface area contributed by atoms with E-state index in [9.17, 15) is 10.1 Å². The molecule has 150 valence electrons.